The van der Waals surface area contributed by atoms with Gasteiger partial charge in [0.1, 0.15) is 11.6 Å². The highest BCUT2D eigenvalue weighted by Gasteiger charge is 2.09. The number of aliphatic imine (C=N–C) groups is 1. The average Bonchev–Trinajstić information content (AvgIpc) is 2.65. The summed E-state index contributed by atoms with van der Waals surface area (Å²) in [4.78, 5) is 4.11. The maximum Gasteiger partial charge on any atom is 0.221 e. The summed E-state index contributed by atoms with van der Waals surface area (Å²) >= 11 is 0. The predicted octanol–water partition coefficient (Wildman–Crippen LogP) is 4.45. The molecular formula is C22H29FN4O. The molecule has 0 aliphatic rings. The Morgan fingerprint density at radius 2 is 1.89 bits per heavy atom. The quantitative estimate of drug-likeness (QED) is 0.204. The molecule has 0 fully saturated rings. The maximum atomic E-state index is 13.6. The van der Waals surface area contributed by atoms with Crippen LogP contribution < -0.4 is 21.3 Å². The molecule has 0 bridgehead atoms. The lowest BCUT2D eigenvalue weighted by Crippen LogP contribution is -2.27. The van der Waals surface area contributed by atoms with Gasteiger partial charge in [-0.2, -0.15) is 0 Å². The van der Waals surface area contributed by atoms with Gasteiger partial charge in [0, 0.05) is 25.7 Å². The van der Waals surface area contributed by atoms with Crippen molar-refractivity contribution in [2.75, 3.05) is 19.8 Å². The normalized spacial score (nSPS) is 12.9. The van der Waals surface area contributed by atoms with Gasteiger partial charge in [-0.05, 0) is 44.6 Å². The molecule has 0 amide bonds. The van der Waals surface area contributed by atoms with Crippen molar-refractivity contribution in [2.24, 2.45) is 4.99 Å². The molecule has 5 nitrogen and oxygen atoms in total. The molecule has 0 heterocycles. The number of hydrazine groups is 1. The number of hydrogen-bond donors (Lipinski definition) is 3. The fraction of sp³-hybridized carbons (Fsp3) is 0.227. The van der Waals surface area contributed by atoms with Crippen LogP contribution in [0.2, 0.25) is 0 Å². The highest BCUT2D eigenvalue weighted by molar-refractivity contribution is 5.97. The lowest BCUT2D eigenvalue weighted by Gasteiger charge is -2.13. The number of nitrogen functional groups attached to an aromatic ring is 1. The summed E-state index contributed by atoms with van der Waals surface area (Å²) in [7, 11) is 3.35. The summed E-state index contributed by atoms with van der Waals surface area (Å²) in [5.41, 5.74) is 15.0. The van der Waals surface area contributed by atoms with Crippen LogP contribution in [0.4, 0.5) is 10.1 Å². The average molecular weight is 384 g/mol. The number of nitrogens with zero attached hydrogens (tertiary/aromatic N) is 1. The Morgan fingerprint density at radius 3 is 2.46 bits per heavy atom. The van der Waals surface area contributed by atoms with Crippen LogP contribution in [0.5, 0.6) is 5.75 Å². The Hall–Kier alpha value is -3.12. The number of rotatable bonds is 8. The third kappa shape index (κ3) is 7.63. The standard InChI is InChI=1S/C22H29FN4O/c1-15(2)9-7-8-10-16(3)21(27-26-6)13-17(4)22(25-5)28-18-11-12-20(24)19(23)14-18/h7-14,26-27H,4,24H2,1-3,5-6H3/b8-7-,16-10+,21-13-,25-22+. The number of nitrogens with two attached hydrogens (primary N) is 1. The molecule has 0 saturated heterocycles. The first-order valence-electron chi connectivity index (χ1n) is 8.80. The van der Waals surface area contributed by atoms with Gasteiger partial charge in [-0.15, -0.1) is 0 Å². The topological polar surface area (TPSA) is 71.7 Å². The number of anilines is 1. The zero-order valence-electron chi connectivity index (χ0n) is 17.1. The lowest BCUT2D eigenvalue weighted by atomic mass is 10.1. The van der Waals surface area contributed by atoms with Crippen molar-refractivity contribution >= 4 is 11.6 Å². The van der Waals surface area contributed by atoms with Gasteiger partial charge in [-0.1, -0.05) is 36.5 Å². The largest absolute Gasteiger partial charge is 0.439 e. The molecule has 0 radical (unpaired) electrons. The van der Waals surface area contributed by atoms with Gasteiger partial charge in [0.25, 0.3) is 0 Å². The van der Waals surface area contributed by atoms with Gasteiger partial charge < -0.3 is 15.9 Å². The number of nitrogens with one attached hydrogen (secondary N) is 2. The van der Waals surface area contributed by atoms with Crippen molar-refractivity contribution in [2.45, 2.75) is 20.8 Å². The van der Waals surface area contributed by atoms with E-state index in [2.05, 4.69) is 22.4 Å². The van der Waals surface area contributed by atoms with E-state index in [1.807, 2.05) is 45.1 Å². The Kier molecular flexibility index (Phi) is 9.47. The molecule has 0 saturated carbocycles. The fourth-order valence-electron chi connectivity index (χ4n) is 2.09. The van der Waals surface area contributed by atoms with Gasteiger partial charge in [0.2, 0.25) is 5.90 Å². The van der Waals surface area contributed by atoms with Crippen molar-refractivity contribution in [3.63, 3.8) is 0 Å². The summed E-state index contributed by atoms with van der Waals surface area (Å²) in [5.74, 6) is 0.0166. The monoisotopic (exact) mass is 384 g/mol. The van der Waals surface area contributed by atoms with Gasteiger partial charge in [-0.25, -0.2) is 9.82 Å². The molecule has 0 unspecified atom stereocenters. The van der Waals surface area contributed by atoms with Crippen molar-refractivity contribution in [1.82, 2.24) is 10.9 Å². The van der Waals surface area contributed by atoms with E-state index in [1.54, 1.807) is 26.2 Å². The lowest BCUT2D eigenvalue weighted by molar-refractivity contribution is 0.540. The molecule has 1 rings (SSSR count). The Bertz CT molecular complexity index is 844. The summed E-state index contributed by atoms with van der Waals surface area (Å²) in [6, 6.07) is 4.23. The summed E-state index contributed by atoms with van der Waals surface area (Å²) < 4.78 is 19.3. The first kappa shape index (κ1) is 22.9. The predicted molar refractivity (Wildman–Crippen MR) is 117 cm³/mol. The van der Waals surface area contributed by atoms with Gasteiger partial charge in [0.05, 0.1) is 11.4 Å². The van der Waals surface area contributed by atoms with Crippen LogP contribution in [-0.2, 0) is 0 Å². The molecule has 28 heavy (non-hydrogen) atoms. The fourth-order valence-corrected chi connectivity index (χ4v) is 2.09. The minimum Gasteiger partial charge on any atom is -0.439 e. The second kappa shape index (κ2) is 11.6. The molecular weight excluding hydrogens is 355 g/mol. The molecule has 1 aromatic rings. The molecule has 4 N–H and O–H groups in total. The molecule has 1 aromatic carbocycles. The van der Waals surface area contributed by atoms with Crippen molar-refractivity contribution in [3.8, 4) is 5.75 Å². The molecule has 150 valence electrons. The number of halogens is 1. The minimum atomic E-state index is -0.548. The van der Waals surface area contributed by atoms with Gasteiger partial charge in [0.15, 0.2) is 0 Å². The van der Waals surface area contributed by atoms with Crippen LogP contribution in [0.15, 0.2) is 82.6 Å². The Balaban J connectivity index is 3.03. The van der Waals surface area contributed by atoms with E-state index < -0.39 is 5.82 Å². The van der Waals surface area contributed by atoms with E-state index in [0.29, 0.717) is 11.3 Å². The molecule has 6 heteroatoms. The van der Waals surface area contributed by atoms with E-state index in [1.165, 1.54) is 17.7 Å². The van der Waals surface area contributed by atoms with Crippen LogP contribution in [-0.4, -0.2) is 20.0 Å². The minimum absolute atomic E-state index is 0.0588. The van der Waals surface area contributed by atoms with Crippen LogP contribution in [0, 0.1) is 5.82 Å². The highest BCUT2D eigenvalue weighted by Crippen LogP contribution is 2.20. The zero-order valence-corrected chi connectivity index (χ0v) is 17.1. The maximum absolute atomic E-state index is 13.6. The van der Waals surface area contributed by atoms with Gasteiger partial charge >= 0.3 is 0 Å². The first-order valence-corrected chi connectivity index (χ1v) is 8.80. The van der Waals surface area contributed by atoms with Crippen LogP contribution in [0.25, 0.3) is 0 Å². The SMILES string of the molecule is C=C(/C=C(NNC)/C(C)=C/C=C\C=C(C)C)/C(=N\C)Oc1ccc(N)c(F)c1. The van der Waals surface area contributed by atoms with E-state index >= 15 is 0 Å². The molecule has 0 aliphatic heterocycles. The number of allylic oxidation sites excluding steroid dienone is 6. The van der Waals surface area contributed by atoms with Crippen molar-refractivity contribution in [3.05, 3.63) is 83.4 Å². The Labute approximate surface area is 166 Å². The highest BCUT2D eigenvalue weighted by atomic mass is 19.1. The third-order valence-electron chi connectivity index (χ3n) is 3.55. The van der Waals surface area contributed by atoms with E-state index in [9.17, 15) is 4.39 Å². The smallest absolute Gasteiger partial charge is 0.221 e. The van der Waals surface area contributed by atoms with E-state index in [4.69, 9.17) is 10.5 Å². The number of ether oxygens (including phenoxy) is 1. The van der Waals surface area contributed by atoms with Crippen LogP contribution in [0.3, 0.4) is 0 Å². The number of benzene rings is 1. The molecule has 0 spiro atoms. The van der Waals surface area contributed by atoms with Crippen molar-refractivity contribution in [1.29, 1.82) is 0 Å². The van der Waals surface area contributed by atoms with Gasteiger partial charge in [-0.3, -0.25) is 4.99 Å². The zero-order chi connectivity index (χ0) is 21.1. The van der Waals surface area contributed by atoms with E-state index in [0.717, 1.165) is 11.3 Å². The summed E-state index contributed by atoms with van der Waals surface area (Å²) in [6.45, 7) is 10.1. The molecule has 0 aromatic heterocycles. The van der Waals surface area contributed by atoms with Crippen LogP contribution >= 0.6 is 0 Å². The van der Waals surface area contributed by atoms with E-state index in [-0.39, 0.29) is 11.6 Å². The second-order valence-corrected chi connectivity index (χ2v) is 6.25. The third-order valence-corrected chi connectivity index (χ3v) is 3.55. The van der Waals surface area contributed by atoms with Crippen LogP contribution in [0.1, 0.15) is 20.8 Å². The first-order chi connectivity index (χ1) is 13.3. The second-order valence-electron chi connectivity index (χ2n) is 6.25. The summed E-state index contributed by atoms with van der Waals surface area (Å²) in [6.07, 6.45) is 9.73. The molecule has 0 aliphatic carbocycles. The number of hydrogen-bond acceptors (Lipinski definition) is 5. The molecule has 0 atom stereocenters. The Morgan fingerprint density at radius 1 is 1.21 bits per heavy atom. The van der Waals surface area contributed by atoms with Crippen molar-refractivity contribution < 1.29 is 9.13 Å². The summed E-state index contributed by atoms with van der Waals surface area (Å²) in [5, 5.41) is 0.